The number of aliphatic hydroxyl groups is 1. The van der Waals surface area contributed by atoms with E-state index >= 15 is 0 Å². The molecule has 0 saturated carbocycles. The number of rotatable bonds is 4. The van der Waals surface area contributed by atoms with Gasteiger partial charge in [-0.05, 0) is 24.3 Å². The van der Waals surface area contributed by atoms with E-state index in [9.17, 15) is 18.3 Å². The van der Waals surface area contributed by atoms with Gasteiger partial charge in [0.25, 0.3) is 0 Å². The number of β-amino-alcohol motifs (C(OH)–C–C–N with tert-alkyl or cyclic N) is 1. The first-order chi connectivity index (χ1) is 9.36. The van der Waals surface area contributed by atoms with Gasteiger partial charge in [-0.2, -0.15) is 4.31 Å². The first kappa shape index (κ1) is 14.8. The normalized spacial score (nSPS) is 23.7. The molecule has 0 bridgehead atoms. The third kappa shape index (κ3) is 2.62. The Hall–Kier alpha value is -1.64. The van der Waals surface area contributed by atoms with Crippen LogP contribution in [0.4, 0.5) is 0 Å². The van der Waals surface area contributed by atoms with E-state index < -0.39 is 28.1 Å². The van der Waals surface area contributed by atoms with E-state index in [2.05, 4.69) is 0 Å². The predicted molar refractivity (Wildman–Crippen MR) is 68.9 cm³/mol. The van der Waals surface area contributed by atoms with Gasteiger partial charge in [0.05, 0.1) is 18.1 Å². The molecule has 0 amide bonds. The summed E-state index contributed by atoms with van der Waals surface area (Å²) in [5.74, 6) is -0.765. The average molecular weight is 301 g/mol. The minimum atomic E-state index is -3.95. The number of carboxylic acids is 1. The van der Waals surface area contributed by atoms with E-state index in [0.29, 0.717) is 5.75 Å². The highest BCUT2D eigenvalue weighted by atomic mass is 32.2. The van der Waals surface area contributed by atoms with Crippen LogP contribution < -0.4 is 4.74 Å². The summed E-state index contributed by atoms with van der Waals surface area (Å²) < 4.78 is 30.6. The zero-order valence-electron chi connectivity index (χ0n) is 10.8. The number of hydrogen-bond acceptors (Lipinski definition) is 5. The number of hydrogen-bond donors (Lipinski definition) is 2. The van der Waals surface area contributed by atoms with Crippen LogP contribution in [0.25, 0.3) is 0 Å². The van der Waals surface area contributed by atoms with Crippen molar-refractivity contribution in [2.75, 3.05) is 13.7 Å². The van der Waals surface area contributed by atoms with Crippen LogP contribution in [0.2, 0.25) is 0 Å². The van der Waals surface area contributed by atoms with Crippen molar-refractivity contribution >= 4 is 16.0 Å². The van der Waals surface area contributed by atoms with Crippen molar-refractivity contribution in [3.05, 3.63) is 24.3 Å². The third-order valence-corrected chi connectivity index (χ3v) is 5.07. The van der Waals surface area contributed by atoms with Gasteiger partial charge >= 0.3 is 5.97 Å². The number of nitrogens with zero attached hydrogens (tertiary/aromatic N) is 1. The smallest absolute Gasteiger partial charge is 0.322 e. The van der Waals surface area contributed by atoms with E-state index in [0.717, 1.165) is 4.31 Å². The molecule has 2 atom stereocenters. The van der Waals surface area contributed by atoms with E-state index in [1.165, 1.54) is 31.4 Å². The number of methoxy groups -OCH3 is 1. The third-order valence-electron chi connectivity index (χ3n) is 3.18. The summed E-state index contributed by atoms with van der Waals surface area (Å²) in [7, 11) is -2.49. The summed E-state index contributed by atoms with van der Waals surface area (Å²) in [6.45, 7) is -0.217. The van der Waals surface area contributed by atoms with Gasteiger partial charge in [-0.25, -0.2) is 8.42 Å². The minimum Gasteiger partial charge on any atom is -0.497 e. The van der Waals surface area contributed by atoms with Gasteiger partial charge in [-0.15, -0.1) is 0 Å². The van der Waals surface area contributed by atoms with E-state index in [-0.39, 0.29) is 17.9 Å². The van der Waals surface area contributed by atoms with Crippen LogP contribution in [-0.2, 0) is 14.8 Å². The number of aliphatic carboxylic acids is 1. The largest absolute Gasteiger partial charge is 0.497 e. The maximum Gasteiger partial charge on any atom is 0.322 e. The van der Waals surface area contributed by atoms with E-state index in [4.69, 9.17) is 9.84 Å². The van der Waals surface area contributed by atoms with Crippen LogP contribution in [0.5, 0.6) is 5.75 Å². The Bertz CT molecular complexity index is 597. The van der Waals surface area contributed by atoms with Gasteiger partial charge in [0.15, 0.2) is 0 Å². The molecule has 7 nitrogen and oxygen atoms in total. The Morgan fingerprint density at radius 1 is 1.35 bits per heavy atom. The SMILES string of the molecule is COc1ccc(S(=O)(=O)N2CC(O)C[C@@H]2C(=O)O)cc1. The van der Waals surface area contributed by atoms with E-state index in [1.807, 2.05) is 0 Å². The summed E-state index contributed by atoms with van der Waals surface area (Å²) in [5.41, 5.74) is 0. The number of carboxylic acid groups (broad SMARTS) is 1. The van der Waals surface area contributed by atoms with Crippen molar-refractivity contribution in [2.24, 2.45) is 0 Å². The lowest BCUT2D eigenvalue weighted by atomic mass is 10.2. The molecule has 1 heterocycles. The lowest BCUT2D eigenvalue weighted by molar-refractivity contribution is -0.140. The standard InChI is InChI=1S/C12H15NO6S/c1-19-9-2-4-10(5-3-9)20(17,18)13-7-8(14)6-11(13)12(15)16/h2-5,8,11,14H,6-7H2,1H3,(H,15,16)/t8?,11-/m1/s1. The summed E-state index contributed by atoms with van der Waals surface area (Å²) in [6.07, 6.45) is -1.07. The van der Waals surface area contributed by atoms with Gasteiger partial charge in [0.2, 0.25) is 10.0 Å². The molecule has 1 saturated heterocycles. The molecule has 1 aromatic rings. The number of sulfonamides is 1. The molecule has 1 fully saturated rings. The molecule has 0 radical (unpaired) electrons. The molecule has 20 heavy (non-hydrogen) atoms. The fourth-order valence-electron chi connectivity index (χ4n) is 2.16. The highest BCUT2D eigenvalue weighted by molar-refractivity contribution is 7.89. The second kappa shape index (κ2) is 5.39. The molecule has 0 aromatic heterocycles. The Balaban J connectivity index is 2.35. The molecule has 1 aliphatic rings. The fraction of sp³-hybridized carbons (Fsp3) is 0.417. The molecule has 1 aliphatic heterocycles. The van der Waals surface area contributed by atoms with E-state index in [1.54, 1.807) is 0 Å². The second-order valence-corrected chi connectivity index (χ2v) is 6.38. The monoisotopic (exact) mass is 301 g/mol. The van der Waals surface area contributed by atoms with Gasteiger partial charge < -0.3 is 14.9 Å². The first-order valence-corrected chi connectivity index (χ1v) is 7.37. The number of ether oxygens (including phenoxy) is 1. The molecular formula is C12H15NO6S. The van der Waals surface area contributed by atoms with Crippen LogP contribution >= 0.6 is 0 Å². The van der Waals surface area contributed by atoms with Gasteiger partial charge in [0, 0.05) is 13.0 Å². The van der Waals surface area contributed by atoms with Crippen LogP contribution in [0, 0.1) is 0 Å². The Kier molecular flexibility index (Phi) is 3.98. The quantitative estimate of drug-likeness (QED) is 0.805. The van der Waals surface area contributed by atoms with Crippen molar-refractivity contribution in [3.63, 3.8) is 0 Å². The lowest BCUT2D eigenvalue weighted by Crippen LogP contribution is -2.40. The summed E-state index contributed by atoms with van der Waals surface area (Å²) in [4.78, 5) is 11.1. The number of aliphatic hydroxyl groups excluding tert-OH is 1. The molecule has 1 aromatic carbocycles. The van der Waals surface area contributed by atoms with Crippen molar-refractivity contribution in [2.45, 2.75) is 23.5 Å². The van der Waals surface area contributed by atoms with Crippen molar-refractivity contribution in [1.82, 2.24) is 4.31 Å². The topological polar surface area (TPSA) is 104 Å². The zero-order valence-corrected chi connectivity index (χ0v) is 11.6. The highest BCUT2D eigenvalue weighted by Crippen LogP contribution is 2.27. The Labute approximate surface area is 116 Å². The van der Waals surface area contributed by atoms with Crippen LogP contribution in [0.15, 0.2) is 29.2 Å². The molecule has 2 rings (SSSR count). The highest BCUT2D eigenvalue weighted by Gasteiger charge is 2.43. The molecule has 2 N–H and O–H groups in total. The Morgan fingerprint density at radius 2 is 1.95 bits per heavy atom. The number of carbonyl (C=O) groups is 1. The predicted octanol–water partition coefficient (Wildman–Crippen LogP) is -0.0963. The second-order valence-electron chi connectivity index (χ2n) is 4.49. The molecule has 0 spiro atoms. The van der Waals surface area contributed by atoms with Crippen LogP contribution in [-0.4, -0.2) is 54.7 Å². The van der Waals surface area contributed by atoms with Gasteiger partial charge in [-0.1, -0.05) is 0 Å². The number of benzene rings is 1. The van der Waals surface area contributed by atoms with Gasteiger partial charge in [-0.3, -0.25) is 4.79 Å². The van der Waals surface area contributed by atoms with Crippen molar-refractivity contribution in [1.29, 1.82) is 0 Å². The maximum absolute atomic E-state index is 12.4. The maximum atomic E-state index is 12.4. The molecule has 0 aliphatic carbocycles. The van der Waals surface area contributed by atoms with Gasteiger partial charge in [0.1, 0.15) is 11.8 Å². The first-order valence-electron chi connectivity index (χ1n) is 5.93. The minimum absolute atomic E-state index is 0.0290. The van der Waals surface area contributed by atoms with Crippen LogP contribution in [0.1, 0.15) is 6.42 Å². The molecule has 8 heteroatoms. The fourth-order valence-corrected chi connectivity index (χ4v) is 3.79. The average Bonchev–Trinajstić information content (AvgIpc) is 2.82. The zero-order chi connectivity index (χ0) is 14.9. The molecule has 1 unspecified atom stereocenters. The summed E-state index contributed by atoms with van der Waals surface area (Å²) in [6, 6.07) is 4.41. The van der Waals surface area contributed by atoms with Crippen molar-refractivity contribution in [3.8, 4) is 5.75 Å². The Morgan fingerprint density at radius 3 is 2.45 bits per heavy atom. The lowest BCUT2D eigenvalue weighted by Gasteiger charge is -2.20. The molecule has 110 valence electrons. The van der Waals surface area contributed by atoms with Crippen molar-refractivity contribution < 1.29 is 28.2 Å². The summed E-state index contributed by atoms with van der Waals surface area (Å²) >= 11 is 0. The summed E-state index contributed by atoms with van der Waals surface area (Å²) in [5, 5.41) is 18.6. The molecular weight excluding hydrogens is 286 g/mol. The van der Waals surface area contributed by atoms with Crippen LogP contribution in [0.3, 0.4) is 0 Å².